The van der Waals surface area contributed by atoms with Gasteiger partial charge in [0.25, 0.3) is 0 Å². The first-order chi connectivity index (χ1) is 8.08. The van der Waals surface area contributed by atoms with E-state index in [4.69, 9.17) is 4.74 Å². The summed E-state index contributed by atoms with van der Waals surface area (Å²) in [7, 11) is 1.87. The summed E-state index contributed by atoms with van der Waals surface area (Å²) in [6.07, 6.45) is 0. The van der Waals surface area contributed by atoms with Gasteiger partial charge in [-0.3, -0.25) is 4.68 Å². The number of aromatic hydroxyl groups is 1. The maximum absolute atomic E-state index is 9.32. The standard InChI is InChI=1S/C12H13BrN2O2/c1-8-12(13)11(15(2)14-8)7-17-10-5-3-4-9(16)6-10/h3-6,16H,7H2,1-2H3. The largest absolute Gasteiger partial charge is 0.508 e. The monoisotopic (exact) mass is 296 g/mol. The summed E-state index contributed by atoms with van der Waals surface area (Å²) in [5, 5.41) is 13.6. The Morgan fingerprint density at radius 3 is 2.82 bits per heavy atom. The Bertz CT molecular complexity index is 537. The highest BCUT2D eigenvalue weighted by Crippen LogP contribution is 2.23. The van der Waals surface area contributed by atoms with Crippen LogP contribution in [0.3, 0.4) is 0 Å². The van der Waals surface area contributed by atoms with Gasteiger partial charge in [0.15, 0.2) is 0 Å². The molecule has 0 aliphatic heterocycles. The molecule has 0 aliphatic carbocycles. The van der Waals surface area contributed by atoms with Crippen LogP contribution in [0.15, 0.2) is 28.7 Å². The van der Waals surface area contributed by atoms with Gasteiger partial charge >= 0.3 is 0 Å². The topological polar surface area (TPSA) is 47.3 Å². The van der Waals surface area contributed by atoms with E-state index in [1.54, 1.807) is 28.9 Å². The van der Waals surface area contributed by atoms with E-state index in [2.05, 4.69) is 21.0 Å². The number of aryl methyl sites for hydroxylation is 2. The summed E-state index contributed by atoms with van der Waals surface area (Å²) in [6, 6.07) is 6.74. The van der Waals surface area contributed by atoms with Gasteiger partial charge in [-0.2, -0.15) is 5.10 Å². The molecule has 0 saturated carbocycles. The number of hydrogen-bond acceptors (Lipinski definition) is 3. The lowest BCUT2D eigenvalue weighted by Gasteiger charge is -2.07. The van der Waals surface area contributed by atoms with Gasteiger partial charge in [-0.15, -0.1) is 0 Å². The number of halogens is 1. The Morgan fingerprint density at radius 2 is 2.24 bits per heavy atom. The number of hydrogen-bond donors (Lipinski definition) is 1. The predicted molar refractivity (Wildman–Crippen MR) is 68.1 cm³/mol. The first-order valence-electron chi connectivity index (χ1n) is 5.17. The van der Waals surface area contributed by atoms with E-state index in [0.717, 1.165) is 15.9 Å². The second kappa shape index (κ2) is 4.79. The molecular formula is C12H13BrN2O2. The molecule has 0 atom stereocenters. The van der Waals surface area contributed by atoms with E-state index in [0.29, 0.717) is 12.4 Å². The zero-order chi connectivity index (χ0) is 12.4. The number of nitrogens with zero attached hydrogens (tertiary/aromatic N) is 2. The minimum atomic E-state index is 0.197. The smallest absolute Gasteiger partial charge is 0.131 e. The predicted octanol–water partition coefficient (Wildman–Crippen LogP) is 2.78. The average Bonchev–Trinajstić information content (AvgIpc) is 2.51. The average molecular weight is 297 g/mol. The Labute approximate surface area is 108 Å². The van der Waals surface area contributed by atoms with Crippen LogP contribution in [0.5, 0.6) is 11.5 Å². The van der Waals surface area contributed by atoms with Crippen LogP contribution in [0.25, 0.3) is 0 Å². The van der Waals surface area contributed by atoms with Crippen LogP contribution < -0.4 is 4.74 Å². The summed E-state index contributed by atoms with van der Waals surface area (Å²) < 4.78 is 8.34. The van der Waals surface area contributed by atoms with Crippen molar-refractivity contribution in [2.75, 3.05) is 0 Å². The van der Waals surface area contributed by atoms with Crippen molar-refractivity contribution in [2.24, 2.45) is 7.05 Å². The molecular weight excluding hydrogens is 284 g/mol. The van der Waals surface area contributed by atoms with E-state index < -0.39 is 0 Å². The number of benzene rings is 1. The molecule has 1 aromatic heterocycles. The highest BCUT2D eigenvalue weighted by atomic mass is 79.9. The molecule has 2 rings (SSSR count). The van der Waals surface area contributed by atoms with Crippen molar-refractivity contribution in [3.05, 3.63) is 40.1 Å². The van der Waals surface area contributed by atoms with E-state index in [1.807, 2.05) is 14.0 Å². The molecule has 0 unspecified atom stereocenters. The highest BCUT2D eigenvalue weighted by molar-refractivity contribution is 9.10. The maximum Gasteiger partial charge on any atom is 0.131 e. The van der Waals surface area contributed by atoms with Gasteiger partial charge in [0.2, 0.25) is 0 Å². The molecule has 2 aromatic rings. The van der Waals surface area contributed by atoms with Crippen molar-refractivity contribution >= 4 is 15.9 Å². The fourth-order valence-corrected chi connectivity index (χ4v) is 2.01. The van der Waals surface area contributed by atoms with Gasteiger partial charge in [0, 0.05) is 13.1 Å². The van der Waals surface area contributed by atoms with Crippen LogP contribution in [0.2, 0.25) is 0 Å². The second-order valence-electron chi connectivity index (χ2n) is 3.76. The highest BCUT2D eigenvalue weighted by Gasteiger charge is 2.10. The summed E-state index contributed by atoms with van der Waals surface area (Å²) in [5.74, 6) is 0.832. The first-order valence-corrected chi connectivity index (χ1v) is 5.97. The van der Waals surface area contributed by atoms with E-state index in [9.17, 15) is 5.11 Å². The van der Waals surface area contributed by atoms with Crippen molar-refractivity contribution in [2.45, 2.75) is 13.5 Å². The van der Waals surface area contributed by atoms with Crippen LogP contribution in [-0.2, 0) is 13.7 Å². The van der Waals surface area contributed by atoms with Crippen LogP contribution in [0.1, 0.15) is 11.4 Å². The van der Waals surface area contributed by atoms with Gasteiger partial charge in [0.1, 0.15) is 18.1 Å². The zero-order valence-electron chi connectivity index (χ0n) is 9.64. The van der Waals surface area contributed by atoms with Gasteiger partial charge in [-0.05, 0) is 35.0 Å². The number of ether oxygens (including phenoxy) is 1. The minimum absolute atomic E-state index is 0.197. The summed E-state index contributed by atoms with van der Waals surface area (Å²) in [5.41, 5.74) is 1.90. The lowest BCUT2D eigenvalue weighted by Crippen LogP contribution is -2.03. The molecule has 1 N–H and O–H groups in total. The fraction of sp³-hybridized carbons (Fsp3) is 0.250. The van der Waals surface area contributed by atoms with Gasteiger partial charge in [0.05, 0.1) is 15.9 Å². The van der Waals surface area contributed by atoms with Gasteiger partial charge in [-0.1, -0.05) is 6.07 Å². The molecule has 5 heteroatoms. The summed E-state index contributed by atoms with van der Waals surface area (Å²) in [6.45, 7) is 2.34. The van der Waals surface area contributed by atoms with E-state index in [-0.39, 0.29) is 5.75 Å². The van der Waals surface area contributed by atoms with Crippen molar-refractivity contribution in [1.29, 1.82) is 0 Å². The van der Waals surface area contributed by atoms with Crippen LogP contribution in [-0.4, -0.2) is 14.9 Å². The van der Waals surface area contributed by atoms with Crippen molar-refractivity contribution in [3.8, 4) is 11.5 Å². The Kier molecular flexibility index (Phi) is 3.38. The lowest BCUT2D eigenvalue weighted by atomic mass is 10.3. The molecule has 4 nitrogen and oxygen atoms in total. The summed E-state index contributed by atoms with van der Waals surface area (Å²) >= 11 is 3.48. The van der Waals surface area contributed by atoms with Crippen molar-refractivity contribution in [3.63, 3.8) is 0 Å². The Hall–Kier alpha value is -1.49. The molecule has 0 bridgehead atoms. The lowest BCUT2D eigenvalue weighted by molar-refractivity contribution is 0.292. The van der Waals surface area contributed by atoms with Crippen molar-refractivity contribution in [1.82, 2.24) is 9.78 Å². The van der Waals surface area contributed by atoms with Crippen LogP contribution in [0, 0.1) is 6.92 Å². The normalized spacial score (nSPS) is 10.5. The third-order valence-electron chi connectivity index (χ3n) is 2.45. The number of rotatable bonds is 3. The van der Waals surface area contributed by atoms with Gasteiger partial charge in [-0.25, -0.2) is 0 Å². The third kappa shape index (κ3) is 2.61. The fourth-order valence-electron chi connectivity index (χ4n) is 1.56. The molecule has 0 fully saturated rings. The second-order valence-corrected chi connectivity index (χ2v) is 4.55. The molecule has 0 aliphatic rings. The van der Waals surface area contributed by atoms with Gasteiger partial charge < -0.3 is 9.84 Å². The SMILES string of the molecule is Cc1nn(C)c(COc2cccc(O)c2)c1Br. The van der Waals surface area contributed by atoms with Crippen LogP contribution in [0.4, 0.5) is 0 Å². The Morgan fingerprint density at radius 1 is 1.47 bits per heavy atom. The van der Waals surface area contributed by atoms with E-state index >= 15 is 0 Å². The third-order valence-corrected chi connectivity index (χ3v) is 3.49. The molecule has 90 valence electrons. The molecule has 0 radical (unpaired) electrons. The molecule has 0 amide bonds. The Balaban J connectivity index is 2.12. The molecule has 17 heavy (non-hydrogen) atoms. The first kappa shape index (κ1) is 12.0. The summed E-state index contributed by atoms with van der Waals surface area (Å²) in [4.78, 5) is 0. The molecule has 0 saturated heterocycles. The minimum Gasteiger partial charge on any atom is -0.508 e. The quantitative estimate of drug-likeness (QED) is 0.947. The molecule has 1 aromatic carbocycles. The van der Waals surface area contributed by atoms with Crippen LogP contribution >= 0.6 is 15.9 Å². The molecule has 1 heterocycles. The number of phenolic OH excluding ortho intramolecular Hbond substituents is 1. The molecule has 0 spiro atoms. The zero-order valence-corrected chi connectivity index (χ0v) is 11.2. The maximum atomic E-state index is 9.32. The number of phenols is 1. The van der Waals surface area contributed by atoms with Crippen molar-refractivity contribution < 1.29 is 9.84 Å². The number of aromatic nitrogens is 2. The van der Waals surface area contributed by atoms with E-state index in [1.165, 1.54) is 0 Å².